The first-order valence-electron chi connectivity index (χ1n) is 6.42. The van der Waals surface area contributed by atoms with Crippen LogP contribution in [0.5, 0.6) is 11.5 Å². The summed E-state index contributed by atoms with van der Waals surface area (Å²) < 4.78 is 10.9. The van der Waals surface area contributed by atoms with E-state index < -0.39 is 0 Å². The Labute approximate surface area is 128 Å². The number of ether oxygens (including phenoxy) is 2. The Morgan fingerprint density at radius 1 is 1.10 bits per heavy atom. The molecule has 0 saturated heterocycles. The van der Waals surface area contributed by atoms with Gasteiger partial charge in [0.1, 0.15) is 11.5 Å². The first-order chi connectivity index (χ1) is 9.65. The minimum absolute atomic E-state index is 0.0869. The quantitative estimate of drug-likeness (QED) is 0.771. The molecule has 0 fully saturated rings. The van der Waals surface area contributed by atoms with Gasteiger partial charge in [-0.3, -0.25) is 4.98 Å². The van der Waals surface area contributed by atoms with E-state index >= 15 is 0 Å². The molecule has 1 aromatic carbocycles. The number of nitrogens with zero attached hydrogens (tertiary/aromatic N) is 1. The lowest BCUT2D eigenvalue weighted by molar-refractivity contribution is 0.385. The number of pyridine rings is 1. The third kappa shape index (κ3) is 3.31. The van der Waals surface area contributed by atoms with Crippen LogP contribution in [0.1, 0.15) is 21.6 Å². The molecule has 1 aromatic heterocycles. The third-order valence-electron chi connectivity index (χ3n) is 3.14. The second-order valence-corrected chi connectivity index (χ2v) is 5.68. The van der Waals surface area contributed by atoms with Crippen LogP contribution in [0.3, 0.4) is 0 Å². The number of aryl methyl sites for hydroxylation is 1. The lowest BCUT2D eigenvalue weighted by Crippen LogP contribution is -2.03. The minimum Gasteiger partial charge on any atom is -0.496 e. The van der Waals surface area contributed by atoms with Crippen molar-refractivity contribution < 1.29 is 9.47 Å². The van der Waals surface area contributed by atoms with Gasteiger partial charge >= 0.3 is 0 Å². The molecule has 2 aromatic rings. The number of rotatable bonds is 5. The fraction of sp³-hybridized carbons (Fsp3) is 0.312. The predicted octanol–water partition coefficient (Wildman–Crippen LogP) is 4.09. The van der Waals surface area contributed by atoms with Crippen molar-refractivity contribution in [3.05, 3.63) is 53.3 Å². The molecule has 0 bridgehead atoms. The highest BCUT2D eigenvalue weighted by Crippen LogP contribution is 2.39. The number of halogens is 1. The largest absolute Gasteiger partial charge is 0.496 e. The van der Waals surface area contributed by atoms with E-state index in [0.29, 0.717) is 0 Å². The molecule has 1 unspecified atom stereocenters. The molecule has 1 atom stereocenters. The molecule has 2 rings (SSSR count). The van der Waals surface area contributed by atoms with Gasteiger partial charge in [-0.2, -0.15) is 0 Å². The van der Waals surface area contributed by atoms with E-state index in [2.05, 4.69) is 27.0 Å². The van der Waals surface area contributed by atoms with Crippen molar-refractivity contribution >= 4 is 15.9 Å². The van der Waals surface area contributed by atoms with E-state index in [4.69, 9.17) is 9.47 Å². The summed E-state index contributed by atoms with van der Waals surface area (Å²) in [6.07, 6.45) is 2.66. The topological polar surface area (TPSA) is 31.4 Å². The van der Waals surface area contributed by atoms with Gasteiger partial charge in [0.2, 0.25) is 0 Å². The molecule has 0 spiro atoms. The number of benzene rings is 1. The molecule has 4 heteroatoms. The maximum atomic E-state index is 5.44. The van der Waals surface area contributed by atoms with Gasteiger partial charge in [0.25, 0.3) is 0 Å². The van der Waals surface area contributed by atoms with Crippen LogP contribution in [0.4, 0.5) is 0 Å². The monoisotopic (exact) mass is 335 g/mol. The van der Waals surface area contributed by atoms with Crippen molar-refractivity contribution in [1.29, 1.82) is 0 Å². The third-order valence-corrected chi connectivity index (χ3v) is 3.92. The highest BCUT2D eigenvalue weighted by atomic mass is 79.9. The van der Waals surface area contributed by atoms with E-state index in [-0.39, 0.29) is 4.83 Å². The molecule has 3 nitrogen and oxygen atoms in total. The molecule has 0 N–H and O–H groups in total. The smallest absolute Gasteiger partial charge is 0.126 e. The first-order valence-corrected chi connectivity index (χ1v) is 7.33. The fourth-order valence-corrected chi connectivity index (χ4v) is 2.88. The summed E-state index contributed by atoms with van der Waals surface area (Å²) in [4.78, 5) is 4.53. The molecule has 106 valence electrons. The Morgan fingerprint density at radius 3 is 2.25 bits per heavy atom. The van der Waals surface area contributed by atoms with Crippen LogP contribution in [0.25, 0.3) is 0 Å². The Bertz CT molecular complexity index is 547. The molecule has 0 aliphatic heterocycles. The van der Waals surface area contributed by atoms with Crippen molar-refractivity contribution in [1.82, 2.24) is 4.98 Å². The lowest BCUT2D eigenvalue weighted by atomic mass is 10.0. The zero-order valence-corrected chi connectivity index (χ0v) is 13.5. The van der Waals surface area contributed by atoms with Crippen molar-refractivity contribution in [3.8, 4) is 11.5 Å². The summed E-state index contributed by atoms with van der Waals surface area (Å²) in [5, 5.41) is 0. The Balaban J connectivity index is 2.28. The number of hydrogen-bond donors (Lipinski definition) is 0. The zero-order valence-electron chi connectivity index (χ0n) is 11.9. The molecule has 0 amide bonds. The summed E-state index contributed by atoms with van der Waals surface area (Å²) in [7, 11) is 3.34. The average Bonchev–Trinajstić information content (AvgIpc) is 2.48. The van der Waals surface area contributed by atoms with Gasteiger partial charge in [0, 0.05) is 18.3 Å². The van der Waals surface area contributed by atoms with Gasteiger partial charge in [-0.05, 0) is 30.7 Å². The summed E-state index contributed by atoms with van der Waals surface area (Å²) in [5.41, 5.74) is 3.21. The van der Waals surface area contributed by atoms with Crippen molar-refractivity contribution in [2.45, 2.75) is 18.2 Å². The van der Waals surface area contributed by atoms with Crippen LogP contribution in [0, 0.1) is 6.92 Å². The van der Waals surface area contributed by atoms with Gasteiger partial charge in [-0.15, -0.1) is 0 Å². The van der Waals surface area contributed by atoms with Crippen LogP contribution in [-0.2, 0) is 6.42 Å². The van der Waals surface area contributed by atoms with Gasteiger partial charge in [0.05, 0.1) is 24.6 Å². The molecular weight excluding hydrogens is 318 g/mol. The normalized spacial score (nSPS) is 12.0. The number of hydrogen-bond acceptors (Lipinski definition) is 3. The molecule has 20 heavy (non-hydrogen) atoms. The fourth-order valence-electron chi connectivity index (χ4n) is 2.09. The summed E-state index contributed by atoms with van der Waals surface area (Å²) >= 11 is 3.72. The van der Waals surface area contributed by atoms with Crippen molar-refractivity contribution in [2.24, 2.45) is 0 Å². The predicted molar refractivity (Wildman–Crippen MR) is 83.9 cm³/mol. The number of alkyl halides is 1. The molecule has 0 aliphatic carbocycles. The maximum absolute atomic E-state index is 5.44. The van der Waals surface area contributed by atoms with Crippen LogP contribution in [0.15, 0.2) is 36.5 Å². The average molecular weight is 336 g/mol. The highest BCUT2D eigenvalue weighted by Gasteiger charge is 2.19. The second kappa shape index (κ2) is 6.75. The SMILES string of the molecule is COc1cccc(OC)c1C(Br)Cc1ccc(C)cn1. The van der Waals surface area contributed by atoms with E-state index in [1.807, 2.05) is 37.4 Å². The Kier molecular flexibility index (Phi) is 5.01. The summed E-state index contributed by atoms with van der Waals surface area (Å²) in [6, 6.07) is 9.92. The van der Waals surface area contributed by atoms with Crippen molar-refractivity contribution in [2.75, 3.05) is 14.2 Å². The van der Waals surface area contributed by atoms with Gasteiger partial charge < -0.3 is 9.47 Å². The standard InChI is InChI=1S/C16H18BrNO2/c1-11-7-8-12(18-10-11)9-13(17)16-14(19-2)5-4-6-15(16)20-3/h4-8,10,13H,9H2,1-3H3. The molecule has 0 radical (unpaired) electrons. The molecule has 0 aliphatic rings. The molecular formula is C16H18BrNO2. The van der Waals surface area contributed by atoms with E-state index in [1.54, 1.807) is 14.2 Å². The van der Waals surface area contributed by atoms with Crippen LogP contribution in [-0.4, -0.2) is 19.2 Å². The Hall–Kier alpha value is -1.55. The van der Waals surface area contributed by atoms with Gasteiger partial charge in [0.15, 0.2) is 0 Å². The van der Waals surface area contributed by atoms with Gasteiger partial charge in [-0.25, -0.2) is 0 Å². The van der Waals surface area contributed by atoms with Gasteiger partial charge in [-0.1, -0.05) is 28.1 Å². The van der Waals surface area contributed by atoms with E-state index in [9.17, 15) is 0 Å². The zero-order chi connectivity index (χ0) is 14.5. The highest BCUT2D eigenvalue weighted by molar-refractivity contribution is 9.09. The summed E-state index contributed by atoms with van der Waals surface area (Å²) in [5.74, 6) is 1.64. The number of aromatic nitrogens is 1. The van der Waals surface area contributed by atoms with Crippen molar-refractivity contribution in [3.63, 3.8) is 0 Å². The summed E-state index contributed by atoms with van der Waals surface area (Å²) in [6.45, 7) is 2.03. The minimum atomic E-state index is 0.0869. The Morgan fingerprint density at radius 2 is 1.75 bits per heavy atom. The molecule has 0 saturated carbocycles. The van der Waals surface area contributed by atoms with Crippen LogP contribution in [0.2, 0.25) is 0 Å². The molecule has 1 heterocycles. The van der Waals surface area contributed by atoms with Crippen LogP contribution >= 0.6 is 15.9 Å². The maximum Gasteiger partial charge on any atom is 0.126 e. The first kappa shape index (κ1) is 14.9. The van der Waals surface area contributed by atoms with E-state index in [0.717, 1.165) is 34.7 Å². The number of methoxy groups -OCH3 is 2. The lowest BCUT2D eigenvalue weighted by Gasteiger charge is -2.17. The van der Waals surface area contributed by atoms with E-state index in [1.165, 1.54) is 0 Å². The second-order valence-electron chi connectivity index (χ2n) is 4.57. The van der Waals surface area contributed by atoms with Crippen LogP contribution < -0.4 is 9.47 Å².